The Morgan fingerprint density at radius 2 is 1.80 bits per heavy atom. The molecule has 3 amide bonds. The van der Waals surface area contributed by atoms with Crippen LogP contribution in [-0.2, 0) is 20.9 Å². The van der Waals surface area contributed by atoms with E-state index in [1.807, 2.05) is 0 Å². The van der Waals surface area contributed by atoms with E-state index in [9.17, 15) is 24.3 Å². The number of aliphatic carboxylic acids is 1. The maximum atomic E-state index is 12.7. The Balaban J connectivity index is 1.58. The predicted octanol–water partition coefficient (Wildman–Crippen LogP) is 3.41. The minimum absolute atomic E-state index is 0.00972. The Morgan fingerprint density at radius 3 is 2.40 bits per heavy atom. The van der Waals surface area contributed by atoms with E-state index >= 15 is 0 Å². The lowest BCUT2D eigenvalue weighted by atomic mass is 10.1. The topological polar surface area (TPSA) is 138 Å². The van der Waals surface area contributed by atoms with Crippen molar-refractivity contribution < 1.29 is 28.7 Å². The molecule has 1 saturated carbocycles. The fraction of sp³-hybridized carbons (Fsp3) is 0.333. The minimum Gasteiger partial charge on any atom is -0.480 e. The van der Waals surface area contributed by atoms with Crippen molar-refractivity contribution in [2.45, 2.75) is 38.3 Å². The number of halogens is 2. The number of carboxylic acid groups (broad SMARTS) is 1. The summed E-state index contributed by atoms with van der Waals surface area (Å²) in [6, 6.07) is 4.95. The van der Waals surface area contributed by atoms with Crippen LogP contribution in [-0.4, -0.2) is 41.4 Å². The number of nitrogens with one attached hydrogen (secondary N) is 3. The van der Waals surface area contributed by atoms with Crippen molar-refractivity contribution in [1.29, 1.82) is 0 Å². The van der Waals surface area contributed by atoms with Crippen molar-refractivity contribution in [2.24, 2.45) is 5.92 Å². The van der Waals surface area contributed by atoms with Crippen LogP contribution in [0.4, 0.5) is 0 Å². The lowest BCUT2D eigenvalue weighted by Crippen LogP contribution is -2.49. The molecule has 186 valence electrons. The Labute approximate surface area is 211 Å². The molecule has 0 saturated heterocycles. The van der Waals surface area contributed by atoms with Gasteiger partial charge in [0.25, 0.3) is 5.91 Å². The van der Waals surface area contributed by atoms with E-state index < -0.39 is 17.9 Å². The van der Waals surface area contributed by atoms with Gasteiger partial charge in [-0.15, -0.1) is 0 Å². The van der Waals surface area contributed by atoms with Gasteiger partial charge in [0.15, 0.2) is 0 Å². The second-order valence-electron chi connectivity index (χ2n) is 8.09. The van der Waals surface area contributed by atoms with Crippen LogP contribution in [0.2, 0.25) is 10.0 Å². The molecule has 1 heterocycles. The number of rotatable bonds is 10. The molecule has 1 aromatic carbocycles. The van der Waals surface area contributed by atoms with Crippen molar-refractivity contribution in [1.82, 2.24) is 16.0 Å². The summed E-state index contributed by atoms with van der Waals surface area (Å²) in [5.41, 5.74) is 0.435. The highest BCUT2D eigenvalue weighted by atomic mass is 35.5. The molecule has 1 unspecified atom stereocenters. The van der Waals surface area contributed by atoms with Crippen LogP contribution in [0.3, 0.4) is 0 Å². The highest BCUT2D eigenvalue weighted by Crippen LogP contribution is 2.27. The smallest absolute Gasteiger partial charge is 0.328 e. The SMILES string of the molecule is O=C(/C=C/c1ccco1)NCc1cc(Cl)c(C(=O)NC(CNC(=O)C2CCCC2)C(=O)O)c(Cl)c1. The maximum absolute atomic E-state index is 12.7. The van der Waals surface area contributed by atoms with Crippen molar-refractivity contribution in [3.8, 4) is 0 Å². The normalized spacial score (nSPS) is 14.6. The minimum atomic E-state index is -1.36. The van der Waals surface area contributed by atoms with Gasteiger partial charge in [-0.1, -0.05) is 36.0 Å². The molecule has 1 aromatic heterocycles. The number of carboxylic acids is 1. The summed E-state index contributed by atoms with van der Waals surface area (Å²) in [6.45, 7) is -0.172. The summed E-state index contributed by atoms with van der Waals surface area (Å²) in [7, 11) is 0. The van der Waals surface area contributed by atoms with Gasteiger partial charge in [-0.3, -0.25) is 14.4 Å². The van der Waals surface area contributed by atoms with Crippen molar-refractivity contribution in [2.75, 3.05) is 6.54 Å². The molecule has 0 radical (unpaired) electrons. The number of carbonyl (C=O) groups is 4. The fourth-order valence-corrected chi connectivity index (χ4v) is 4.41. The molecule has 1 aliphatic carbocycles. The summed E-state index contributed by atoms with van der Waals surface area (Å²) in [6.07, 6.45) is 7.79. The van der Waals surface area contributed by atoms with Gasteiger partial charge in [0.05, 0.1) is 21.9 Å². The van der Waals surface area contributed by atoms with Crippen LogP contribution in [0.15, 0.2) is 41.0 Å². The number of benzene rings is 1. The van der Waals surface area contributed by atoms with Crippen LogP contribution in [0.25, 0.3) is 6.08 Å². The molecule has 9 nitrogen and oxygen atoms in total. The quantitative estimate of drug-likeness (QED) is 0.353. The number of hydrogen-bond donors (Lipinski definition) is 4. The Bertz CT molecular complexity index is 1090. The number of carbonyl (C=O) groups excluding carboxylic acids is 3. The van der Waals surface area contributed by atoms with Gasteiger partial charge in [-0.25, -0.2) is 4.79 Å². The van der Waals surface area contributed by atoms with Crippen LogP contribution in [0.5, 0.6) is 0 Å². The highest BCUT2D eigenvalue weighted by molar-refractivity contribution is 6.39. The number of furan rings is 1. The van der Waals surface area contributed by atoms with Crippen LogP contribution in [0.1, 0.15) is 47.4 Å². The van der Waals surface area contributed by atoms with Gasteiger partial charge >= 0.3 is 5.97 Å². The zero-order chi connectivity index (χ0) is 25.4. The van der Waals surface area contributed by atoms with Crippen LogP contribution >= 0.6 is 23.2 Å². The standard InChI is InChI=1S/C24H25Cl2N3O6/c25-17-10-14(12-27-20(30)8-7-16-6-3-9-35-16)11-18(26)21(17)23(32)29-19(24(33)34)13-28-22(31)15-4-1-2-5-15/h3,6-11,15,19H,1-2,4-5,12-13H2,(H,27,30)(H,28,31)(H,29,32)(H,33,34)/b8-7+. The monoisotopic (exact) mass is 521 g/mol. The van der Waals surface area contributed by atoms with E-state index in [1.54, 1.807) is 12.1 Å². The summed E-state index contributed by atoms with van der Waals surface area (Å²) in [5, 5.41) is 17.1. The third kappa shape index (κ3) is 7.60. The molecule has 35 heavy (non-hydrogen) atoms. The van der Waals surface area contributed by atoms with Gasteiger partial charge in [-0.05, 0) is 48.7 Å². The molecule has 4 N–H and O–H groups in total. The van der Waals surface area contributed by atoms with E-state index in [0.29, 0.717) is 11.3 Å². The van der Waals surface area contributed by atoms with E-state index in [0.717, 1.165) is 25.7 Å². The van der Waals surface area contributed by atoms with Gasteiger partial charge in [0.1, 0.15) is 11.8 Å². The maximum Gasteiger partial charge on any atom is 0.328 e. The third-order valence-corrected chi connectivity index (χ3v) is 6.14. The first-order valence-corrected chi connectivity index (χ1v) is 11.8. The molecule has 0 aliphatic heterocycles. The largest absolute Gasteiger partial charge is 0.480 e. The summed E-state index contributed by atoms with van der Waals surface area (Å²) < 4.78 is 5.11. The molecular weight excluding hydrogens is 497 g/mol. The van der Waals surface area contributed by atoms with Gasteiger partial charge < -0.3 is 25.5 Å². The zero-order valence-electron chi connectivity index (χ0n) is 18.7. The van der Waals surface area contributed by atoms with Crippen molar-refractivity contribution >= 4 is 53.0 Å². The Hall–Kier alpha value is -3.30. The molecule has 0 spiro atoms. The molecule has 11 heteroatoms. The van der Waals surface area contributed by atoms with Gasteiger partial charge in [0, 0.05) is 25.1 Å². The molecule has 3 rings (SSSR count). The van der Waals surface area contributed by atoms with Crippen molar-refractivity contribution in [3.63, 3.8) is 0 Å². The van der Waals surface area contributed by atoms with E-state index in [4.69, 9.17) is 27.6 Å². The summed E-state index contributed by atoms with van der Waals surface area (Å²) >= 11 is 12.5. The third-order valence-electron chi connectivity index (χ3n) is 5.55. The lowest BCUT2D eigenvalue weighted by Gasteiger charge is -2.18. The van der Waals surface area contributed by atoms with Crippen LogP contribution < -0.4 is 16.0 Å². The average molecular weight is 522 g/mol. The Morgan fingerprint density at radius 1 is 1.11 bits per heavy atom. The summed E-state index contributed by atoms with van der Waals surface area (Å²) in [4.78, 5) is 48.5. The van der Waals surface area contributed by atoms with E-state index in [2.05, 4.69) is 16.0 Å². The molecule has 2 aromatic rings. The van der Waals surface area contributed by atoms with Crippen molar-refractivity contribution in [3.05, 3.63) is 63.5 Å². The van der Waals surface area contributed by atoms with Crippen LogP contribution in [0, 0.1) is 5.92 Å². The molecular formula is C24H25Cl2N3O6. The van der Waals surface area contributed by atoms with Gasteiger partial charge in [0.2, 0.25) is 11.8 Å². The summed E-state index contributed by atoms with van der Waals surface area (Å²) in [5.74, 6) is -2.29. The molecule has 0 bridgehead atoms. The molecule has 1 atom stereocenters. The number of hydrogen-bond acceptors (Lipinski definition) is 5. The van der Waals surface area contributed by atoms with Gasteiger partial charge in [-0.2, -0.15) is 0 Å². The highest BCUT2D eigenvalue weighted by Gasteiger charge is 2.27. The first-order valence-electron chi connectivity index (χ1n) is 11.0. The first-order chi connectivity index (χ1) is 16.7. The lowest BCUT2D eigenvalue weighted by molar-refractivity contribution is -0.139. The van der Waals surface area contributed by atoms with E-state index in [-0.39, 0.29) is 46.4 Å². The van der Waals surface area contributed by atoms with E-state index in [1.165, 1.54) is 30.5 Å². The molecule has 1 aliphatic rings. The second kappa shape index (κ2) is 12.4. The first kappa shape index (κ1) is 26.3. The number of amides is 3. The molecule has 1 fully saturated rings. The fourth-order valence-electron chi connectivity index (χ4n) is 3.70. The predicted molar refractivity (Wildman–Crippen MR) is 130 cm³/mol. The average Bonchev–Trinajstić information content (AvgIpc) is 3.52. The Kier molecular flexibility index (Phi) is 9.33. The second-order valence-corrected chi connectivity index (χ2v) is 8.91. The zero-order valence-corrected chi connectivity index (χ0v) is 20.2.